The molecule has 0 saturated heterocycles. The minimum absolute atomic E-state index is 0.402. The van der Waals surface area contributed by atoms with Gasteiger partial charge >= 0.3 is 0 Å². The highest BCUT2D eigenvalue weighted by Gasteiger charge is 2.11. The van der Waals surface area contributed by atoms with Gasteiger partial charge in [0.2, 0.25) is 0 Å². The van der Waals surface area contributed by atoms with Gasteiger partial charge in [-0.1, -0.05) is 19.1 Å². The molecule has 0 spiro atoms. The molecule has 5 nitrogen and oxygen atoms in total. The second kappa shape index (κ2) is 5.85. The Kier molecular flexibility index (Phi) is 4.38. The van der Waals surface area contributed by atoms with Crippen molar-refractivity contribution in [1.82, 2.24) is 9.71 Å². The van der Waals surface area contributed by atoms with Crippen LogP contribution in [0.2, 0.25) is 0 Å². The van der Waals surface area contributed by atoms with E-state index in [0.717, 1.165) is 16.3 Å². The summed E-state index contributed by atoms with van der Waals surface area (Å²) in [5.41, 5.74) is 1.08. The summed E-state index contributed by atoms with van der Waals surface area (Å²) in [6.45, 7) is 2.30. The number of pyridine rings is 1. The number of benzene rings is 1. The molecular weight excluding hydrogens is 330 g/mol. The molecule has 0 aliphatic rings. The van der Waals surface area contributed by atoms with Gasteiger partial charge in [0.1, 0.15) is 0 Å². The van der Waals surface area contributed by atoms with Crippen molar-refractivity contribution < 1.29 is 8.42 Å². The molecule has 1 aromatic carbocycles. The van der Waals surface area contributed by atoms with E-state index in [2.05, 4.69) is 30.4 Å². The summed E-state index contributed by atoms with van der Waals surface area (Å²) in [7, 11) is -3.55. The van der Waals surface area contributed by atoms with Crippen molar-refractivity contribution in [1.29, 1.82) is 0 Å². The smallest absolute Gasteiger partial charge is 0.269 e. The molecule has 0 bridgehead atoms. The molecule has 102 valence electrons. The number of halogens is 1. The number of aromatic nitrogens is 1. The molecule has 1 heterocycles. The van der Waals surface area contributed by atoms with Crippen molar-refractivity contribution in [3.8, 4) is 0 Å². The van der Waals surface area contributed by atoms with Crippen LogP contribution in [-0.2, 0) is 10.2 Å². The predicted molar refractivity (Wildman–Crippen MR) is 80.3 cm³/mol. The molecule has 0 amide bonds. The van der Waals surface area contributed by atoms with E-state index in [1.807, 2.05) is 19.1 Å². The van der Waals surface area contributed by atoms with Gasteiger partial charge in [0, 0.05) is 22.6 Å². The molecule has 7 heteroatoms. The van der Waals surface area contributed by atoms with Crippen LogP contribution in [0.3, 0.4) is 0 Å². The van der Waals surface area contributed by atoms with E-state index in [1.54, 1.807) is 18.3 Å². The number of hydrogen-bond donors (Lipinski definition) is 2. The van der Waals surface area contributed by atoms with Gasteiger partial charge in [0.05, 0.1) is 11.2 Å². The fourth-order valence-electron chi connectivity index (χ4n) is 1.63. The average Bonchev–Trinajstić information content (AvgIpc) is 2.36. The minimum Gasteiger partial charge on any atom is -0.269 e. The molecule has 0 fully saturated rings. The number of rotatable bonds is 5. The van der Waals surface area contributed by atoms with E-state index < -0.39 is 10.2 Å². The fourth-order valence-corrected chi connectivity index (χ4v) is 2.98. The Morgan fingerprint density at radius 1 is 1.37 bits per heavy atom. The molecule has 2 rings (SSSR count). The Balaban J connectivity index is 2.36. The van der Waals surface area contributed by atoms with Crippen molar-refractivity contribution in [3.63, 3.8) is 0 Å². The van der Waals surface area contributed by atoms with Gasteiger partial charge in [-0.05, 0) is 34.5 Å². The highest BCUT2D eigenvalue weighted by molar-refractivity contribution is 9.10. The van der Waals surface area contributed by atoms with Crippen LogP contribution in [0.25, 0.3) is 10.9 Å². The molecule has 2 N–H and O–H groups in total. The maximum atomic E-state index is 11.8. The van der Waals surface area contributed by atoms with Gasteiger partial charge in [-0.2, -0.15) is 13.1 Å². The topological polar surface area (TPSA) is 71.1 Å². The zero-order chi connectivity index (χ0) is 13.9. The van der Waals surface area contributed by atoms with Crippen LogP contribution in [-0.4, -0.2) is 19.9 Å². The van der Waals surface area contributed by atoms with Crippen molar-refractivity contribution in [2.75, 3.05) is 11.3 Å². The first-order chi connectivity index (χ1) is 9.02. The Morgan fingerprint density at radius 3 is 2.89 bits per heavy atom. The molecule has 0 saturated carbocycles. The van der Waals surface area contributed by atoms with E-state index in [0.29, 0.717) is 17.7 Å². The van der Waals surface area contributed by atoms with Gasteiger partial charge < -0.3 is 0 Å². The third kappa shape index (κ3) is 3.65. The molecule has 1 aromatic heterocycles. The van der Waals surface area contributed by atoms with E-state index in [9.17, 15) is 8.42 Å². The van der Waals surface area contributed by atoms with Gasteiger partial charge in [0.25, 0.3) is 10.2 Å². The summed E-state index contributed by atoms with van der Waals surface area (Å²) in [4.78, 5) is 4.24. The Labute approximate surface area is 120 Å². The van der Waals surface area contributed by atoms with Crippen molar-refractivity contribution >= 4 is 42.7 Å². The van der Waals surface area contributed by atoms with E-state index >= 15 is 0 Å². The first-order valence-corrected chi connectivity index (χ1v) is 8.11. The lowest BCUT2D eigenvalue weighted by Crippen LogP contribution is -2.30. The van der Waals surface area contributed by atoms with E-state index in [-0.39, 0.29) is 0 Å². The molecule has 0 atom stereocenters. The van der Waals surface area contributed by atoms with Crippen LogP contribution >= 0.6 is 15.9 Å². The number of hydrogen-bond acceptors (Lipinski definition) is 3. The first-order valence-electron chi connectivity index (χ1n) is 5.83. The summed E-state index contributed by atoms with van der Waals surface area (Å²) >= 11 is 3.34. The molecule has 0 radical (unpaired) electrons. The number of fused-ring (bicyclic) bond motifs is 1. The van der Waals surface area contributed by atoms with Gasteiger partial charge in [0.15, 0.2) is 0 Å². The second-order valence-electron chi connectivity index (χ2n) is 4.03. The van der Waals surface area contributed by atoms with Crippen molar-refractivity contribution in [2.24, 2.45) is 0 Å². The predicted octanol–water partition coefficient (Wildman–Crippen LogP) is 2.65. The summed E-state index contributed by atoms with van der Waals surface area (Å²) < 4.78 is 29.4. The number of nitrogens with one attached hydrogen (secondary N) is 2. The lowest BCUT2D eigenvalue weighted by Gasteiger charge is -2.10. The Bertz CT molecular complexity index is 688. The molecule has 0 aliphatic carbocycles. The summed E-state index contributed by atoms with van der Waals surface area (Å²) in [6, 6.07) is 7.24. The number of anilines is 1. The van der Waals surface area contributed by atoms with Crippen LogP contribution in [0.4, 0.5) is 5.69 Å². The lowest BCUT2D eigenvalue weighted by atomic mass is 10.2. The van der Waals surface area contributed by atoms with Gasteiger partial charge in [-0.3, -0.25) is 9.71 Å². The third-order valence-corrected chi connectivity index (χ3v) is 3.97. The summed E-state index contributed by atoms with van der Waals surface area (Å²) in [5, 5.41) is 0.866. The lowest BCUT2D eigenvalue weighted by molar-refractivity contribution is 0.586. The SMILES string of the molecule is CCCNS(=O)(=O)Nc1cccc2cc(Br)cnc12. The fraction of sp³-hybridized carbons (Fsp3) is 0.250. The van der Waals surface area contributed by atoms with Crippen molar-refractivity contribution in [3.05, 3.63) is 34.9 Å². The normalized spacial score (nSPS) is 11.7. The standard InChI is InChI=1S/C12H14BrN3O2S/c1-2-6-15-19(17,18)16-11-5-3-4-9-7-10(13)8-14-12(9)11/h3-5,7-8,15-16H,2,6H2,1H3. The number of nitrogens with zero attached hydrogens (tertiary/aromatic N) is 1. The van der Waals surface area contributed by atoms with E-state index in [4.69, 9.17) is 0 Å². The minimum atomic E-state index is -3.55. The third-order valence-electron chi connectivity index (χ3n) is 2.46. The van der Waals surface area contributed by atoms with E-state index in [1.165, 1.54) is 0 Å². The second-order valence-corrected chi connectivity index (χ2v) is 6.45. The number of para-hydroxylation sites is 1. The van der Waals surface area contributed by atoms with Gasteiger partial charge in [-0.15, -0.1) is 0 Å². The quantitative estimate of drug-likeness (QED) is 0.876. The maximum absolute atomic E-state index is 11.8. The summed E-state index contributed by atoms with van der Waals surface area (Å²) in [6.07, 6.45) is 2.38. The first kappa shape index (κ1) is 14.2. The molecule has 0 aliphatic heterocycles. The monoisotopic (exact) mass is 343 g/mol. The largest absolute Gasteiger partial charge is 0.299 e. The van der Waals surface area contributed by atoms with Crippen LogP contribution in [0.1, 0.15) is 13.3 Å². The highest BCUT2D eigenvalue weighted by Crippen LogP contribution is 2.24. The van der Waals surface area contributed by atoms with Crippen LogP contribution in [0.15, 0.2) is 34.9 Å². The maximum Gasteiger partial charge on any atom is 0.299 e. The molecule has 19 heavy (non-hydrogen) atoms. The highest BCUT2D eigenvalue weighted by atomic mass is 79.9. The van der Waals surface area contributed by atoms with Crippen LogP contribution in [0, 0.1) is 0 Å². The zero-order valence-electron chi connectivity index (χ0n) is 10.4. The zero-order valence-corrected chi connectivity index (χ0v) is 12.8. The van der Waals surface area contributed by atoms with Crippen LogP contribution < -0.4 is 9.44 Å². The van der Waals surface area contributed by atoms with Crippen LogP contribution in [0.5, 0.6) is 0 Å². The average molecular weight is 344 g/mol. The summed E-state index contributed by atoms with van der Waals surface area (Å²) in [5.74, 6) is 0. The Hall–Kier alpha value is -1.18. The molecular formula is C12H14BrN3O2S. The van der Waals surface area contributed by atoms with Crippen molar-refractivity contribution in [2.45, 2.75) is 13.3 Å². The van der Waals surface area contributed by atoms with Gasteiger partial charge in [-0.25, -0.2) is 0 Å². The molecule has 0 unspecified atom stereocenters. The molecule has 2 aromatic rings. The Morgan fingerprint density at radius 2 is 2.16 bits per heavy atom.